The van der Waals surface area contributed by atoms with E-state index in [2.05, 4.69) is 83.8 Å². The largest absolute Gasteiger partial charge is 0.370 e. The number of halogens is 1. The first kappa shape index (κ1) is 27.6. The molecule has 1 saturated carbocycles. The van der Waals surface area contributed by atoms with Gasteiger partial charge in [-0.05, 0) is 99.1 Å². The summed E-state index contributed by atoms with van der Waals surface area (Å²) in [7, 11) is 0. The standard InChI is InChI=1S/C33H42ClN5S/c1-21-16-22(2)20-37(19-21)30-14-13-26(18-28(30)34)39-32(31(36-33(39)40)29-12-8-9-15-35-29)27-17-23(3)38(24(27)4)25-10-6-5-7-11-25/h8-9,12-15,17-18,21-22,25,31-32H,5-7,10-11,16,19-20H2,1-4H3,(H,36,40). The van der Waals surface area contributed by atoms with E-state index in [1.165, 1.54) is 55.5 Å². The summed E-state index contributed by atoms with van der Waals surface area (Å²) in [4.78, 5) is 9.50. The Labute approximate surface area is 249 Å². The van der Waals surface area contributed by atoms with E-state index in [9.17, 15) is 0 Å². The number of anilines is 2. The van der Waals surface area contributed by atoms with Crippen LogP contribution in [0.15, 0.2) is 48.7 Å². The van der Waals surface area contributed by atoms with Gasteiger partial charge in [0.05, 0.1) is 28.5 Å². The van der Waals surface area contributed by atoms with Gasteiger partial charge in [0.1, 0.15) is 0 Å². The SMILES string of the molecule is Cc1cc(C2C(c3ccccn3)NC(=S)N2c2ccc(N3CC(C)CC(C)C3)c(Cl)c2)c(C)n1C1CCCCC1. The van der Waals surface area contributed by atoms with E-state index in [1.807, 2.05) is 12.3 Å². The molecular formula is C33H42ClN5S. The lowest BCUT2D eigenvalue weighted by Crippen LogP contribution is -2.38. The smallest absolute Gasteiger partial charge is 0.174 e. The second kappa shape index (κ2) is 11.4. The minimum Gasteiger partial charge on any atom is -0.370 e. The summed E-state index contributed by atoms with van der Waals surface area (Å²) >= 11 is 13.1. The molecule has 3 aliphatic rings. The number of benzene rings is 1. The van der Waals surface area contributed by atoms with Crippen molar-refractivity contribution in [2.75, 3.05) is 22.9 Å². The minimum absolute atomic E-state index is 0.0251. The maximum atomic E-state index is 7.05. The van der Waals surface area contributed by atoms with Crippen LogP contribution in [0, 0.1) is 25.7 Å². The second-order valence-electron chi connectivity index (χ2n) is 12.5. The van der Waals surface area contributed by atoms with Gasteiger partial charge in [-0.1, -0.05) is 50.8 Å². The molecule has 40 heavy (non-hydrogen) atoms. The van der Waals surface area contributed by atoms with Gasteiger partial charge in [-0.25, -0.2) is 0 Å². The number of thiocarbonyl (C=S) groups is 1. The molecule has 2 saturated heterocycles. The summed E-state index contributed by atoms with van der Waals surface area (Å²) in [6.45, 7) is 11.3. The van der Waals surface area contributed by atoms with Crippen LogP contribution in [0.4, 0.5) is 11.4 Å². The number of aryl methyl sites for hydroxylation is 1. The molecule has 5 nitrogen and oxygen atoms in total. The van der Waals surface area contributed by atoms with E-state index in [4.69, 9.17) is 28.8 Å². The molecule has 6 rings (SSSR count). The number of pyridine rings is 1. The quantitative estimate of drug-likeness (QED) is 0.309. The highest BCUT2D eigenvalue weighted by atomic mass is 35.5. The molecule has 2 aliphatic heterocycles. The van der Waals surface area contributed by atoms with Gasteiger partial charge >= 0.3 is 0 Å². The van der Waals surface area contributed by atoms with Gasteiger partial charge in [0.2, 0.25) is 0 Å². The van der Waals surface area contributed by atoms with Gasteiger partial charge in [-0.2, -0.15) is 0 Å². The number of nitrogens with one attached hydrogen (secondary N) is 1. The molecule has 0 amide bonds. The Morgan fingerprint density at radius 3 is 2.40 bits per heavy atom. The van der Waals surface area contributed by atoms with Crippen molar-refractivity contribution < 1.29 is 0 Å². The summed E-state index contributed by atoms with van der Waals surface area (Å²) in [5, 5.41) is 5.15. The molecule has 4 unspecified atom stereocenters. The first-order valence-electron chi connectivity index (χ1n) is 15.0. The number of piperidine rings is 1. The van der Waals surface area contributed by atoms with Crippen LogP contribution in [0.5, 0.6) is 0 Å². The van der Waals surface area contributed by atoms with Gasteiger partial charge in [-0.15, -0.1) is 0 Å². The Kier molecular flexibility index (Phi) is 7.84. The zero-order valence-corrected chi connectivity index (χ0v) is 25.8. The van der Waals surface area contributed by atoms with E-state index in [0.29, 0.717) is 23.0 Å². The van der Waals surface area contributed by atoms with Gasteiger partial charge in [-0.3, -0.25) is 4.98 Å². The van der Waals surface area contributed by atoms with Crippen LogP contribution >= 0.6 is 23.8 Å². The summed E-state index contributed by atoms with van der Waals surface area (Å²) in [6, 6.07) is 15.5. The normalized spacial score (nSPS) is 25.9. The Hall–Kier alpha value is -2.57. The third-order valence-corrected chi connectivity index (χ3v) is 9.92. The van der Waals surface area contributed by atoms with Crippen LogP contribution < -0.4 is 15.1 Å². The maximum Gasteiger partial charge on any atom is 0.174 e. The molecule has 1 aromatic carbocycles. The van der Waals surface area contributed by atoms with Crippen LogP contribution in [-0.2, 0) is 0 Å². The second-order valence-corrected chi connectivity index (χ2v) is 13.3. The van der Waals surface area contributed by atoms with E-state index >= 15 is 0 Å². The summed E-state index contributed by atoms with van der Waals surface area (Å²) < 4.78 is 2.60. The highest BCUT2D eigenvalue weighted by Crippen LogP contribution is 2.46. The summed E-state index contributed by atoms with van der Waals surface area (Å²) in [5.74, 6) is 1.33. The Morgan fingerprint density at radius 1 is 0.975 bits per heavy atom. The average Bonchev–Trinajstić information content (AvgIpc) is 3.43. The molecule has 1 N–H and O–H groups in total. The van der Waals surface area contributed by atoms with E-state index in [1.54, 1.807) is 0 Å². The number of hydrogen-bond acceptors (Lipinski definition) is 3. The van der Waals surface area contributed by atoms with Gasteiger partial charge in [0.15, 0.2) is 5.11 Å². The fraction of sp³-hybridized carbons (Fsp3) is 0.515. The molecule has 4 heterocycles. The number of rotatable bonds is 5. The van der Waals surface area contributed by atoms with E-state index in [-0.39, 0.29) is 12.1 Å². The van der Waals surface area contributed by atoms with Gasteiger partial charge < -0.3 is 19.7 Å². The molecule has 0 spiro atoms. The van der Waals surface area contributed by atoms with Crippen LogP contribution in [0.25, 0.3) is 0 Å². The first-order valence-corrected chi connectivity index (χ1v) is 15.8. The van der Waals surface area contributed by atoms with Crippen molar-refractivity contribution in [1.82, 2.24) is 14.9 Å². The topological polar surface area (TPSA) is 36.3 Å². The zero-order chi connectivity index (χ0) is 28.0. The predicted octanol–water partition coefficient (Wildman–Crippen LogP) is 8.32. The first-order chi connectivity index (χ1) is 19.3. The van der Waals surface area contributed by atoms with Crippen molar-refractivity contribution >= 4 is 40.3 Å². The Morgan fingerprint density at radius 2 is 1.73 bits per heavy atom. The fourth-order valence-electron chi connectivity index (χ4n) is 7.71. The van der Waals surface area contributed by atoms with Crippen molar-refractivity contribution in [2.24, 2.45) is 11.8 Å². The fourth-order valence-corrected chi connectivity index (χ4v) is 8.35. The molecule has 3 aromatic rings. The molecule has 0 bridgehead atoms. The molecule has 4 atom stereocenters. The lowest BCUT2D eigenvalue weighted by atomic mass is 9.91. The molecular weight excluding hydrogens is 534 g/mol. The summed E-state index contributed by atoms with van der Waals surface area (Å²) in [6.07, 6.45) is 9.64. The maximum absolute atomic E-state index is 7.05. The van der Waals surface area contributed by atoms with Crippen molar-refractivity contribution in [3.05, 3.63) is 76.3 Å². The van der Waals surface area contributed by atoms with Crippen molar-refractivity contribution in [3.63, 3.8) is 0 Å². The number of nitrogens with zero attached hydrogens (tertiary/aromatic N) is 4. The van der Waals surface area contributed by atoms with Crippen LogP contribution in [0.3, 0.4) is 0 Å². The lowest BCUT2D eigenvalue weighted by molar-refractivity contribution is 0.345. The van der Waals surface area contributed by atoms with Crippen molar-refractivity contribution in [3.8, 4) is 0 Å². The third-order valence-electron chi connectivity index (χ3n) is 9.30. The zero-order valence-electron chi connectivity index (χ0n) is 24.2. The lowest BCUT2D eigenvalue weighted by Gasteiger charge is -2.37. The molecule has 1 aliphatic carbocycles. The minimum atomic E-state index is -0.0590. The monoisotopic (exact) mass is 575 g/mol. The van der Waals surface area contributed by atoms with Crippen molar-refractivity contribution in [2.45, 2.75) is 84.3 Å². The van der Waals surface area contributed by atoms with Crippen LogP contribution in [-0.4, -0.2) is 27.8 Å². The Bertz CT molecular complexity index is 1350. The molecule has 3 fully saturated rings. The number of hydrogen-bond donors (Lipinski definition) is 1. The van der Waals surface area contributed by atoms with Gasteiger partial charge in [0, 0.05) is 42.4 Å². The number of aromatic nitrogens is 2. The van der Waals surface area contributed by atoms with E-state index in [0.717, 1.165) is 35.2 Å². The summed E-state index contributed by atoms with van der Waals surface area (Å²) in [5.41, 5.74) is 7.12. The molecule has 2 aromatic heterocycles. The van der Waals surface area contributed by atoms with Crippen LogP contribution in [0.1, 0.15) is 93.1 Å². The third kappa shape index (κ3) is 5.14. The molecule has 212 valence electrons. The molecule has 0 radical (unpaired) electrons. The highest BCUT2D eigenvalue weighted by molar-refractivity contribution is 7.80. The predicted molar refractivity (Wildman–Crippen MR) is 171 cm³/mol. The average molecular weight is 576 g/mol. The van der Waals surface area contributed by atoms with E-state index < -0.39 is 0 Å². The van der Waals surface area contributed by atoms with Gasteiger partial charge in [0.25, 0.3) is 0 Å². The Balaban J connectivity index is 1.41. The highest BCUT2D eigenvalue weighted by Gasteiger charge is 2.42. The van der Waals surface area contributed by atoms with Crippen molar-refractivity contribution in [1.29, 1.82) is 0 Å². The molecule has 7 heteroatoms. The van der Waals surface area contributed by atoms with Crippen LogP contribution in [0.2, 0.25) is 5.02 Å².